The number of hydrogen-bond acceptors (Lipinski definition) is 5. The summed E-state index contributed by atoms with van der Waals surface area (Å²) in [6.07, 6.45) is 3.06. The van der Waals surface area contributed by atoms with Crippen molar-refractivity contribution in [3.63, 3.8) is 0 Å². The monoisotopic (exact) mass is 256 g/mol. The molecule has 1 rings (SSSR count). The van der Waals surface area contributed by atoms with Crippen LogP contribution in [0.3, 0.4) is 0 Å². The third-order valence-corrected chi connectivity index (χ3v) is 2.24. The molecule has 17 heavy (non-hydrogen) atoms. The van der Waals surface area contributed by atoms with Gasteiger partial charge in [-0.15, -0.1) is 0 Å². The number of rotatable bonds is 5. The largest absolute Gasteiger partial charge is 0.369 e. The quantitative estimate of drug-likeness (QED) is 0.491. The summed E-state index contributed by atoms with van der Waals surface area (Å²) in [6.45, 7) is 0.517. The van der Waals surface area contributed by atoms with Crippen molar-refractivity contribution >= 4 is 11.6 Å². The molecule has 0 saturated carbocycles. The highest BCUT2D eigenvalue weighted by molar-refractivity contribution is 6.29. The molecule has 0 bridgehead atoms. The van der Waals surface area contributed by atoms with E-state index in [1.165, 1.54) is 13.2 Å². The first kappa shape index (κ1) is 13.2. The summed E-state index contributed by atoms with van der Waals surface area (Å²) in [6, 6.07) is 3.51. The standard InChI is InChI=1S/C10H13ClN4O2/c1-12-10(15(16)17)7-14(2)6-8-3-4-9(11)13-5-8/h3-5,7,12H,6H2,1-2H3. The van der Waals surface area contributed by atoms with Crippen LogP contribution in [0.4, 0.5) is 0 Å². The number of hydrogen-bond donors (Lipinski definition) is 1. The van der Waals surface area contributed by atoms with Crippen molar-refractivity contribution in [2.45, 2.75) is 6.54 Å². The Balaban J connectivity index is 2.69. The minimum Gasteiger partial charge on any atom is -0.369 e. The molecule has 1 aromatic rings. The molecule has 1 aromatic heterocycles. The number of aromatic nitrogens is 1. The van der Waals surface area contributed by atoms with Crippen LogP contribution in [0.15, 0.2) is 30.4 Å². The van der Waals surface area contributed by atoms with Crippen LogP contribution in [0.5, 0.6) is 0 Å². The third-order valence-electron chi connectivity index (χ3n) is 2.02. The van der Waals surface area contributed by atoms with Gasteiger partial charge >= 0.3 is 5.82 Å². The lowest BCUT2D eigenvalue weighted by molar-refractivity contribution is -0.432. The first-order valence-electron chi connectivity index (χ1n) is 4.87. The van der Waals surface area contributed by atoms with E-state index in [9.17, 15) is 10.1 Å². The van der Waals surface area contributed by atoms with Gasteiger partial charge in [-0.05, 0) is 16.6 Å². The Morgan fingerprint density at radius 1 is 1.71 bits per heavy atom. The molecule has 0 aliphatic heterocycles. The van der Waals surface area contributed by atoms with Gasteiger partial charge in [-0.2, -0.15) is 0 Å². The molecule has 0 unspecified atom stereocenters. The summed E-state index contributed by atoms with van der Waals surface area (Å²) in [7, 11) is 3.25. The van der Waals surface area contributed by atoms with Crippen LogP contribution in [-0.4, -0.2) is 28.9 Å². The molecule has 0 fully saturated rings. The SMILES string of the molecule is CNC(=CN(C)Cc1ccc(Cl)nc1)[N+](=O)[O-]. The topological polar surface area (TPSA) is 71.3 Å². The predicted molar refractivity (Wildman–Crippen MR) is 64.9 cm³/mol. The first-order chi connectivity index (χ1) is 8.02. The normalized spacial score (nSPS) is 11.1. The van der Waals surface area contributed by atoms with Crippen LogP contribution in [0.1, 0.15) is 5.56 Å². The second-order valence-corrected chi connectivity index (χ2v) is 3.81. The van der Waals surface area contributed by atoms with Gasteiger partial charge in [-0.3, -0.25) is 5.32 Å². The zero-order chi connectivity index (χ0) is 12.8. The van der Waals surface area contributed by atoms with E-state index in [1.807, 2.05) is 6.07 Å². The molecule has 0 aliphatic rings. The van der Waals surface area contributed by atoms with E-state index >= 15 is 0 Å². The van der Waals surface area contributed by atoms with Gasteiger partial charge in [-0.1, -0.05) is 17.7 Å². The maximum atomic E-state index is 10.6. The van der Waals surface area contributed by atoms with Crippen molar-refractivity contribution in [3.05, 3.63) is 51.2 Å². The van der Waals surface area contributed by atoms with Crippen LogP contribution < -0.4 is 5.32 Å². The van der Waals surface area contributed by atoms with Gasteiger partial charge in [0.1, 0.15) is 5.15 Å². The maximum absolute atomic E-state index is 10.6. The van der Waals surface area contributed by atoms with E-state index in [2.05, 4.69) is 10.3 Å². The average Bonchev–Trinajstić information content (AvgIpc) is 2.28. The average molecular weight is 257 g/mol. The van der Waals surface area contributed by atoms with E-state index in [1.54, 1.807) is 24.2 Å². The van der Waals surface area contributed by atoms with E-state index in [0.717, 1.165) is 5.56 Å². The zero-order valence-electron chi connectivity index (χ0n) is 9.55. The van der Waals surface area contributed by atoms with Gasteiger partial charge in [0.05, 0.1) is 13.2 Å². The molecule has 0 atom stereocenters. The van der Waals surface area contributed by atoms with E-state index in [-0.39, 0.29) is 5.82 Å². The summed E-state index contributed by atoms with van der Waals surface area (Å²) < 4.78 is 0. The Bertz CT molecular complexity index is 419. The van der Waals surface area contributed by atoms with E-state index < -0.39 is 4.92 Å². The van der Waals surface area contributed by atoms with Crippen molar-refractivity contribution in [1.29, 1.82) is 0 Å². The zero-order valence-corrected chi connectivity index (χ0v) is 10.3. The van der Waals surface area contributed by atoms with Crippen LogP contribution in [0.25, 0.3) is 0 Å². The third kappa shape index (κ3) is 4.28. The van der Waals surface area contributed by atoms with Crippen LogP contribution in [0.2, 0.25) is 5.15 Å². The molecule has 92 valence electrons. The fourth-order valence-corrected chi connectivity index (χ4v) is 1.36. The number of nitro groups is 1. The Morgan fingerprint density at radius 2 is 2.41 bits per heavy atom. The number of nitrogens with one attached hydrogen (secondary N) is 1. The van der Waals surface area contributed by atoms with Gasteiger partial charge in [-0.25, -0.2) is 4.98 Å². The van der Waals surface area contributed by atoms with Crippen molar-refractivity contribution in [1.82, 2.24) is 15.2 Å². The van der Waals surface area contributed by atoms with Crippen molar-refractivity contribution in [2.24, 2.45) is 0 Å². The van der Waals surface area contributed by atoms with Crippen LogP contribution >= 0.6 is 11.6 Å². The van der Waals surface area contributed by atoms with Crippen LogP contribution in [-0.2, 0) is 6.54 Å². The summed E-state index contributed by atoms with van der Waals surface area (Å²) in [4.78, 5) is 15.7. The Labute approximate surface area is 104 Å². The Hall–Kier alpha value is -1.82. The van der Waals surface area contributed by atoms with Gasteiger partial charge in [0.25, 0.3) is 0 Å². The van der Waals surface area contributed by atoms with Gasteiger partial charge in [0, 0.05) is 19.8 Å². The van der Waals surface area contributed by atoms with E-state index in [0.29, 0.717) is 11.7 Å². The van der Waals surface area contributed by atoms with Crippen molar-refractivity contribution in [2.75, 3.05) is 14.1 Å². The molecule has 0 radical (unpaired) electrons. The molecule has 7 heteroatoms. The lowest BCUT2D eigenvalue weighted by Crippen LogP contribution is -2.20. The lowest BCUT2D eigenvalue weighted by atomic mass is 10.3. The molecule has 0 spiro atoms. The molecule has 0 aliphatic carbocycles. The highest BCUT2D eigenvalue weighted by Gasteiger charge is 2.06. The number of halogens is 1. The minimum atomic E-state index is -0.476. The van der Waals surface area contributed by atoms with E-state index in [4.69, 9.17) is 11.6 Å². The summed E-state index contributed by atoms with van der Waals surface area (Å²) in [5, 5.41) is 13.5. The molecule has 0 aromatic carbocycles. The summed E-state index contributed by atoms with van der Waals surface area (Å²) in [5.41, 5.74) is 0.923. The summed E-state index contributed by atoms with van der Waals surface area (Å²) >= 11 is 5.66. The highest BCUT2D eigenvalue weighted by Crippen LogP contribution is 2.07. The van der Waals surface area contributed by atoms with Crippen LogP contribution in [0, 0.1) is 10.1 Å². The molecule has 0 saturated heterocycles. The van der Waals surface area contributed by atoms with Crippen molar-refractivity contribution < 1.29 is 4.92 Å². The summed E-state index contributed by atoms with van der Waals surface area (Å²) in [5.74, 6) is -0.0607. The molecule has 0 amide bonds. The smallest absolute Gasteiger partial charge is 0.331 e. The lowest BCUT2D eigenvalue weighted by Gasteiger charge is -2.13. The number of pyridine rings is 1. The fraction of sp³-hybridized carbons (Fsp3) is 0.300. The second-order valence-electron chi connectivity index (χ2n) is 3.43. The molecule has 1 heterocycles. The molecule has 6 nitrogen and oxygen atoms in total. The maximum Gasteiger partial charge on any atom is 0.331 e. The molecular formula is C10H13ClN4O2. The fourth-order valence-electron chi connectivity index (χ4n) is 1.25. The number of nitrogens with zero attached hydrogens (tertiary/aromatic N) is 3. The Kier molecular flexibility index (Phi) is 4.71. The second kappa shape index (κ2) is 6.05. The minimum absolute atomic E-state index is 0.0607. The predicted octanol–water partition coefficient (Wildman–Crippen LogP) is 1.46. The van der Waals surface area contributed by atoms with Crippen molar-refractivity contribution in [3.8, 4) is 0 Å². The molecule has 1 N–H and O–H groups in total. The Morgan fingerprint density at radius 3 is 2.88 bits per heavy atom. The molecular weight excluding hydrogens is 244 g/mol. The first-order valence-corrected chi connectivity index (χ1v) is 5.25. The van der Waals surface area contributed by atoms with Gasteiger partial charge in [0.2, 0.25) is 0 Å². The highest BCUT2D eigenvalue weighted by atomic mass is 35.5. The van der Waals surface area contributed by atoms with Gasteiger partial charge < -0.3 is 15.0 Å². The van der Waals surface area contributed by atoms with Gasteiger partial charge in [0.15, 0.2) is 0 Å².